The lowest BCUT2D eigenvalue weighted by Gasteiger charge is -2.03. The number of anilines is 1. The van der Waals surface area contributed by atoms with Gasteiger partial charge >= 0.3 is 0 Å². The maximum atomic E-state index is 11.1. The third kappa shape index (κ3) is 2.07. The van der Waals surface area contributed by atoms with Crippen LogP contribution in [0, 0.1) is 0 Å². The molecular weight excluding hydrogens is 196 g/mol. The third-order valence-electron chi connectivity index (χ3n) is 2.13. The van der Waals surface area contributed by atoms with Gasteiger partial charge in [-0.2, -0.15) is 0 Å². The molecule has 0 atom stereocenters. The van der Waals surface area contributed by atoms with E-state index >= 15 is 0 Å². The van der Waals surface area contributed by atoms with E-state index in [-0.39, 0.29) is 0 Å². The number of nitrogens with one attached hydrogen (secondary N) is 1. The van der Waals surface area contributed by atoms with Gasteiger partial charge in [-0.15, -0.1) is 0 Å². The van der Waals surface area contributed by atoms with E-state index in [9.17, 15) is 4.79 Å². The second-order valence-corrected chi connectivity index (χ2v) is 3.15. The fourth-order valence-corrected chi connectivity index (χ4v) is 1.49. The van der Waals surface area contributed by atoms with Gasteiger partial charge in [-0.1, -0.05) is 5.16 Å². The molecule has 0 bridgehead atoms. The van der Waals surface area contributed by atoms with Crippen molar-refractivity contribution >= 4 is 17.8 Å². The Labute approximate surface area is 86.4 Å². The zero-order valence-corrected chi connectivity index (χ0v) is 7.93. The number of carbonyl (C=O) groups is 1. The van der Waals surface area contributed by atoms with Crippen LogP contribution in [0.5, 0.6) is 5.75 Å². The first-order valence-electron chi connectivity index (χ1n) is 4.54. The molecule has 0 fully saturated rings. The molecule has 0 unspecified atom stereocenters. The molecule has 78 valence electrons. The molecule has 1 amide bonds. The minimum Gasteiger partial charge on any atom is -0.493 e. The lowest BCUT2D eigenvalue weighted by Crippen LogP contribution is -2.12. The summed E-state index contributed by atoms with van der Waals surface area (Å²) in [5.41, 5.74) is 1.75. The van der Waals surface area contributed by atoms with Crippen LogP contribution in [0.1, 0.15) is 5.56 Å². The van der Waals surface area contributed by atoms with Crippen molar-refractivity contribution in [3.05, 3.63) is 23.8 Å². The molecule has 0 aliphatic carbocycles. The van der Waals surface area contributed by atoms with Crippen LogP contribution in [0.3, 0.4) is 0 Å². The van der Waals surface area contributed by atoms with Crippen LogP contribution in [-0.4, -0.2) is 23.9 Å². The molecule has 1 aromatic rings. The summed E-state index contributed by atoms with van der Waals surface area (Å²) < 4.78 is 5.33. The Morgan fingerprint density at radius 2 is 2.47 bits per heavy atom. The van der Waals surface area contributed by atoms with Crippen molar-refractivity contribution in [1.82, 2.24) is 0 Å². The van der Waals surface area contributed by atoms with Gasteiger partial charge in [0, 0.05) is 12.1 Å². The van der Waals surface area contributed by atoms with Crippen molar-refractivity contribution in [2.24, 2.45) is 5.16 Å². The first-order chi connectivity index (χ1) is 7.29. The first kappa shape index (κ1) is 9.51. The Balaban J connectivity index is 2.13. The first-order valence-corrected chi connectivity index (χ1v) is 4.54. The summed E-state index contributed by atoms with van der Waals surface area (Å²) in [6.07, 6.45) is 1.66. The van der Waals surface area contributed by atoms with E-state index in [1.807, 2.05) is 12.1 Å². The summed E-state index contributed by atoms with van der Waals surface area (Å²) in [7, 11) is 0. The second-order valence-electron chi connectivity index (χ2n) is 3.15. The van der Waals surface area contributed by atoms with E-state index in [0.29, 0.717) is 12.3 Å². The topological polar surface area (TPSA) is 70.9 Å². The highest BCUT2D eigenvalue weighted by Gasteiger charge is 2.12. The molecule has 1 heterocycles. The number of nitrogens with zero attached hydrogens (tertiary/aromatic N) is 1. The Kier molecular flexibility index (Phi) is 2.53. The average molecular weight is 206 g/mol. The van der Waals surface area contributed by atoms with E-state index in [4.69, 9.17) is 9.94 Å². The zero-order valence-electron chi connectivity index (χ0n) is 7.93. The Hall–Kier alpha value is -2.04. The van der Waals surface area contributed by atoms with Gasteiger partial charge in [-0.05, 0) is 23.8 Å². The quantitative estimate of drug-likeness (QED) is 0.431. The van der Waals surface area contributed by atoms with Crippen LogP contribution < -0.4 is 10.1 Å². The highest BCUT2D eigenvalue weighted by atomic mass is 16.5. The summed E-state index contributed by atoms with van der Waals surface area (Å²) >= 11 is 0. The van der Waals surface area contributed by atoms with Gasteiger partial charge in [-0.25, -0.2) is 0 Å². The number of ether oxygens (including phenoxy) is 1. The van der Waals surface area contributed by atoms with Crippen LogP contribution >= 0.6 is 0 Å². The van der Waals surface area contributed by atoms with Crippen molar-refractivity contribution in [1.29, 1.82) is 0 Å². The van der Waals surface area contributed by atoms with E-state index < -0.39 is 5.91 Å². The van der Waals surface area contributed by atoms with Crippen LogP contribution in [0.4, 0.5) is 5.69 Å². The smallest absolute Gasteiger partial charge is 0.270 e. The largest absolute Gasteiger partial charge is 0.493 e. The van der Waals surface area contributed by atoms with Gasteiger partial charge < -0.3 is 15.3 Å². The van der Waals surface area contributed by atoms with Gasteiger partial charge in [0.2, 0.25) is 0 Å². The molecule has 2 N–H and O–H groups in total. The van der Waals surface area contributed by atoms with Crippen LogP contribution in [0.25, 0.3) is 0 Å². The number of rotatable bonds is 2. The summed E-state index contributed by atoms with van der Waals surface area (Å²) in [6, 6.07) is 5.41. The Bertz CT molecular complexity index is 415. The van der Waals surface area contributed by atoms with Gasteiger partial charge in [0.15, 0.2) is 0 Å². The molecule has 5 nitrogen and oxygen atoms in total. The normalized spacial score (nSPS) is 13.6. The molecule has 5 heteroatoms. The van der Waals surface area contributed by atoms with E-state index in [0.717, 1.165) is 23.9 Å². The highest BCUT2D eigenvalue weighted by Crippen LogP contribution is 2.27. The number of oxime groups is 1. The van der Waals surface area contributed by atoms with Crippen LogP contribution in [-0.2, 0) is 11.2 Å². The van der Waals surface area contributed by atoms with Crippen molar-refractivity contribution in [2.75, 3.05) is 11.9 Å². The monoisotopic (exact) mass is 206 g/mol. The average Bonchev–Trinajstić information content (AvgIpc) is 2.65. The van der Waals surface area contributed by atoms with Crippen molar-refractivity contribution < 1.29 is 14.7 Å². The fourth-order valence-electron chi connectivity index (χ4n) is 1.49. The number of amides is 1. The number of benzene rings is 1. The van der Waals surface area contributed by atoms with Crippen molar-refractivity contribution in [2.45, 2.75) is 6.42 Å². The fraction of sp³-hybridized carbons (Fsp3) is 0.200. The summed E-state index contributed by atoms with van der Waals surface area (Å²) in [4.78, 5) is 11.1. The van der Waals surface area contributed by atoms with E-state index in [1.165, 1.54) is 0 Å². The second kappa shape index (κ2) is 4.00. The molecule has 1 aliphatic rings. The Morgan fingerprint density at radius 1 is 1.60 bits per heavy atom. The molecule has 0 saturated carbocycles. The standard InChI is InChI=1S/C10H10N2O3/c13-10(6-11-14)12-8-1-2-9-7(5-8)3-4-15-9/h1-2,5-6,14H,3-4H2,(H,12,13). The lowest BCUT2D eigenvalue weighted by molar-refractivity contribution is -0.110. The number of hydrogen-bond acceptors (Lipinski definition) is 4. The minimum absolute atomic E-state index is 0.462. The van der Waals surface area contributed by atoms with Gasteiger partial charge in [0.25, 0.3) is 5.91 Å². The predicted molar refractivity (Wildman–Crippen MR) is 54.5 cm³/mol. The molecular formula is C10H10N2O3. The maximum Gasteiger partial charge on any atom is 0.270 e. The number of carbonyl (C=O) groups excluding carboxylic acids is 1. The predicted octanol–water partition coefficient (Wildman–Crippen LogP) is 1.02. The molecule has 1 aliphatic heterocycles. The van der Waals surface area contributed by atoms with Crippen LogP contribution in [0.2, 0.25) is 0 Å². The molecule has 2 rings (SSSR count). The zero-order chi connectivity index (χ0) is 10.7. The highest BCUT2D eigenvalue weighted by molar-refractivity contribution is 6.31. The molecule has 0 aromatic heterocycles. The molecule has 1 aromatic carbocycles. The van der Waals surface area contributed by atoms with Gasteiger partial charge in [0.1, 0.15) is 12.0 Å². The summed E-state index contributed by atoms with van der Waals surface area (Å²) in [5, 5.41) is 13.4. The van der Waals surface area contributed by atoms with Crippen molar-refractivity contribution in [3.8, 4) is 5.75 Å². The lowest BCUT2D eigenvalue weighted by atomic mass is 10.1. The van der Waals surface area contributed by atoms with Gasteiger partial charge in [-0.3, -0.25) is 4.79 Å². The summed E-state index contributed by atoms with van der Waals surface area (Å²) in [6.45, 7) is 0.685. The van der Waals surface area contributed by atoms with Crippen molar-refractivity contribution in [3.63, 3.8) is 0 Å². The molecule has 0 radical (unpaired) electrons. The molecule has 15 heavy (non-hydrogen) atoms. The molecule has 0 spiro atoms. The maximum absolute atomic E-state index is 11.1. The summed E-state index contributed by atoms with van der Waals surface area (Å²) in [5.74, 6) is 0.403. The Morgan fingerprint density at radius 3 is 3.27 bits per heavy atom. The van der Waals surface area contributed by atoms with E-state index in [1.54, 1.807) is 6.07 Å². The minimum atomic E-state index is -0.462. The number of fused-ring (bicyclic) bond motifs is 1. The van der Waals surface area contributed by atoms with E-state index in [2.05, 4.69) is 10.5 Å². The SMILES string of the molecule is O=C(C=NO)Nc1ccc2c(c1)CCO2. The third-order valence-corrected chi connectivity index (χ3v) is 2.13. The number of hydrogen-bond donors (Lipinski definition) is 2. The van der Waals surface area contributed by atoms with Gasteiger partial charge in [0.05, 0.1) is 6.61 Å². The van der Waals surface area contributed by atoms with Crippen LogP contribution in [0.15, 0.2) is 23.4 Å². The molecule has 0 saturated heterocycles.